The summed E-state index contributed by atoms with van der Waals surface area (Å²) in [6.07, 6.45) is 10.2. The molecule has 1 saturated heterocycles. The van der Waals surface area contributed by atoms with Gasteiger partial charge in [-0.1, -0.05) is 38.0 Å². The lowest BCUT2D eigenvalue weighted by Crippen LogP contribution is -2.38. The molecule has 2 aromatic rings. The average Bonchev–Trinajstić information content (AvgIpc) is 2.77. The van der Waals surface area contributed by atoms with E-state index in [0.717, 1.165) is 30.3 Å². The number of nitrogens with zero attached hydrogens (tertiary/aromatic N) is 2. The minimum atomic E-state index is 0.623. The first kappa shape index (κ1) is 19.2. The Morgan fingerprint density at radius 3 is 2.79 bits per heavy atom. The first-order valence-corrected chi connectivity index (χ1v) is 11.8. The lowest BCUT2D eigenvalue weighted by Gasteiger charge is -2.39. The van der Waals surface area contributed by atoms with Gasteiger partial charge < -0.3 is 15.0 Å². The van der Waals surface area contributed by atoms with Crippen LogP contribution in [-0.2, 0) is 6.42 Å². The highest BCUT2D eigenvalue weighted by Gasteiger charge is 2.33. The summed E-state index contributed by atoms with van der Waals surface area (Å²) in [5.74, 6) is 2.29. The maximum absolute atomic E-state index is 6.46. The van der Waals surface area contributed by atoms with Gasteiger partial charge in [-0.3, -0.25) is 0 Å². The van der Waals surface area contributed by atoms with Crippen LogP contribution in [0.2, 0.25) is 0 Å². The number of benzene rings is 1. The smallest absolute Gasteiger partial charge is 0.219 e. The van der Waals surface area contributed by atoms with Gasteiger partial charge in [-0.2, -0.15) is 0 Å². The van der Waals surface area contributed by atoms with E-state index in [1.54, 1.807) is 0 Å². The standard InChI is InChI=1S/C25H35N3O/c1-2-13-28-14-11-18(12-15-28)17-29-25-21-16-19-7-3-5-9-22(19)26-24(21)20-8-4-6-10-23(20)27-25/h4,6,8,10,18-19,22,26H,2-3,5,7,9,11-17H2,1H3. The van der Waals surface area contributed by atoms with Gasteiger partial charge in [-0.25, -0.2) is 4.98 Å². The minimum absolute atomic E-state index is 0.623. The molecule has 1 aliphatic carbocycles. The Labute approximate surface area is 175 Å². The van der Waals surface area contributed by atoms with Crippen LogP contribution in [0.25, 0.3) is 10.9 Å². The molecule has 0 spiro atoms. The average molecular weight is 394 g/mol. The van der Waals surface area contributed by atoms with E-state index in [2.05, 4.69) is 41.4 Å². The predicted octanol–water partition coefficient (Wildman–Crippen LogP) is 5.26. The molecule has 2 atom stereocenters. The molecule has 3 heterocycles. The number of hydrogen-bond acceptors (Lipinski definition) is 4. The molecule has 1 N–H and O–H groups in total. The summed E-state index contributed by atoms with van der Waals surface area (Å²) in [5, 5.41) is 5.17. The van der Waals surface area contributed by atoms with Crippen LogP contribution in [0.5, 0.6) is 5.88 Å². The maximum atomic E-state index is 6.46. The highest BCUT2D eigenvalue weighted by atomic mass is 16.5. The van der Waals surface area contributed by atoms with E-state index in [1.165, 1.54) is 81.2 Å². The second-order valence-electron chi connectivity index (χ2n) is 9.38. The van der Waals surface area contributed by atoms with Crippen LogP contribution < -0.4 is 10.1 Å². The normalized spacial score (nSPS) is 25.3. The highest BCUT2D eigenvalue weighted by Crippen LogP contribution is 2.43. The van der Waals surface area contributed by atoms with Gasteiger partial charge in [0.25, 0.3) is 0 Å². The van der Waals surface area contributed by atoms with Crippen LogP contribution in [0.4, 0.5) is 5.69 Å². The number of ether oxygens (including phenoxy) is 1. The summed E-state index contributed by atoms with van der Waals surface area (Å²) < 4.78 is 6.46. The van der Waals surface area contributed by atoms with E-state index in [9.17, 15) is 0 Å². The molecule has 1 aromatic carbocycles. The number of nitrogens with one attached hydrogen (secondary N) is 1. The number of piperidine rings is 1. The summed E-state index contributed by atoms with van der Waals surface area (Å²) in [5.41, 5.74) is 3.68. The second-order valence-corrected chi connectivity index (χ2v) is 9.38. The van der Waals surface area contributed by atoms with Gasteiger partial charge in [0.2, 0.25) is 5.88 Å². The minimum Gasteiger partial charge on any atom is -0.477 e. The van der Waals surface area contributed by atoms with Gasteiger partial charge in [0, 0.05) is 17.0 Å². The number of fused-ring (bicyclic) bond motifs is 4. The number of rotatable bonds is 5. The molecule has 1 saturated carbocycles. The van der Waals surface area contributed by atoms with Crippen molar-refractivity contribution in [3.63, 3.8) is 0 Å². The van der Waals surface area contributed by atoms with Gasteiger partial charge in [-0.05, 0) is 76.1 Å². The van der Waals surface area contributed by atoms with Crippen LogP contribution >= 0.6 is 0 Å². The van der Waals surface area contributed by atoms with Crippen molar-refractivity contribution in [2.75, 3.05) is 31.6 Å². The Morgan fingerprint density at radius 2 is 1.93 bits per heavy atom. The fraction of sp³-hybridized carbons (Fsp3) is 0.640. The number of anilines is 1. The number of para-hydroxylation sites is 1. The topological polar surface area (TPSA) is 37.4 Å². The summed E-state index contributed by atoms with van der Waals surface area (Å²) in [4.78, 5) is 7.58. The summed E-state index contributed by atoms with van der Waals surface area (Å²) in [7, 11) is 0. The second kappa shape index (κ2) is 8.51. The monoisotopic (exact) mass is 393 g/mol. The van der Waals surface area contributed by atoms with Crippen molar-refractivity contribution in [1.82, 2.24) is 9.88 Å². The largest absolute Gasteiger partial charge is 0.477 e. The molecule has 4 heteroatoms. The molecular formula is C25H35N3O. The van der Waals surface area contributed by atoms with E-state index in [1.807, 2.05) is 0 Å². The van der Waals surface area contributed by atoms with Crippen molar-refractivity contribution in [2.24, 2.45) is 11.8 Å². The van der Waals surface area contributed by atoms with Crippen molar-refractivity contribution >= 4 is 16.6 Å². The van der Waals surface area contributed by atoms with E-state index < -0.39 is 0 Å². The molecule has 5 rings (SSSR count). The van der Waals surface area contributed by atoms with Gasteiger partial charge in [0.1, 0.15) is 0 Å². The lowest BCUT2D eigenvalue weighted by atomic mass is 9.77. The zero-order valence-corrected chi connectivity index (χ0v) is 17.8. The van der Waals surface area contributed by atoms with Crippen LogP contribution in [0.1, 0.15) is 57.4 Å². The zero-order valence-electron chi connectivity index (χ0n) is 17.8. The molecule has 2 aliphatic heterocycles. The van der Waals surface area contributed by atoms with Crippen LogP contribution in [-0.4, -0.2) is 42.2 Å². The van der Waals surface area contributed by atoms with Crippen molar-refractivity contribution in [2.45, 2.75) is 64.3 Å². The third-order valence-corrected chi connectivity index (χ3v) is 7.36. The van der Waals surface area contributed by atoms with Gasteiger partial charge in [0.15, 0.2) is 0 Å². The lowest BCUT2D eigenvalue weighted by molar-refractivity contribution is 0.138. The fourth-order valence-electron chi connectivity index (χ4n) is 5.68. The van der Waals surface area contributed by atoms with Crippen LogP contribution in [0.15, 0.2) is 24.3 Å². The molecule has 2 unspecified atom stereocenters. The third kappa shape index (κ3) is 3.96. The molecule has 0 radical (unpaired) electrons. The van der Waals surface area contributed by atoms with E-state index in [-0.39, 0.29) is 0 Å². The van der Waals surface area contributed by atoms with Crippen LogP contribution in [0.3, 0.4) is 0 Å². The molecule has 156 valence electrons. The van der Waals surface area contributed by atoms with E-state index >= 15 is 0 Å². The Morgan fingerprint density at radius 1 is 1.10 bits per heavy atom. The molecule has 2 fully saturated rings. The molecule has 3 aliphatic rings. The third-order valence-electron chi connectivity index (χ3n) is 7.36. The Balaban J connectivity index is 1.37. The Kier molecular flexibility index (Phi) is 5.63. The summed E-state index contributed by atoms with van der Waals surface area (Å²) in [6.45, 7) is 6.76. The fourth-order valence-corrected chi connectivity index (χ4v) is 5.68. The van der Waals surface area contributed by atoms with Crippen molar-refractivity contribution in [3.05, 3.63) is 29.8 Å². The molecular weight excluding hydrogens is 358 g/mol. The van der Waals surface area contributed by atoms with Gasteiger partial charge >= 0.3 is 0 Å². The number of aromatic nitrogens is 1. The predicted molar refractivity (Wildman–Crippen MR) is 120 cm³/mol. The Hall–Kier alpha value is -1.81. The van der Waals surface area contributed by atoms with Crippen molar-refractivity contribution < 1.29 is 4.74 Å². The quantitative estimate of drug-likeness (QED) is 0.752. The first-order chi connectivity index (χ1) is 14.3. The number of likely N-dealkylation sites (tertiary alicyclic amines) is 1. The number of hydrogen-bond donors (Lipinski definition) is 1. The van der Waals surface area contributed by atoms with Crippen molar-refractivity contribution in [3.8, 4) is 5.88 Å². The van der Waals surface area contributed by atoms with Gasteiger partial charge in [-0.15, -0.1) is 0 Å². The molecule has 4 nitrogen and oxygen atoms in total. The van der Waals surface area contributed by atoms with Crippen LogP contribution in [0, 0.1) is 11.8 Å². The molecule has 29 heavy (non-hydrogen) atoms. The highest BCUT2D eigenvalue weighted by molar-refractivity contribution is 5.94. The SMILES string of the molecule is CCCN1CCC(COc2nc3ccccc3c3c2CC2CCCCC2N3)CC1. The molecule has 1 aromatic heterocycles. The van der Waals surface area contributed by atoms with E-state index in [0.29, 0.717) is 12.0 Å². The number of pyridine rings is 1. The van der Waals surface area contributed by atoms with Crippen molar-refractivity contribution in [1.29, 1.82) is 0 Å². The zero-order chi connectivity index (χ0) is 19.6. The first-order valence-electron chi connectivity index (χ1n) is 11.8. The maximum Gasteiger partial charge on any atom is 0.219 e. The summed E-state index contributed by atoms with van der Waals surface area (Å²) >= 11 is 0. The van der Waals surface area contributed by atoms with Gasteiger partial charge in [0.05, 0.1) is 17.8 Å². The van der Waals surface area contributed by atoms with E-state index in [4.69, 9.17) is 9.72 Å². The summed E-state index contributed by atoms with van der Waals surface area (Å²) in [6, 6.07) is 9.17. The Bertz CT molecular complexity index is 843. The molecule has 0 amide bonds. The molecule has 0 bridgehead atoms.